The lowest BCUT2D eigenvalue weighted by molar-refractivity contribution is -0.00650. The lowest BCUT2D eigenvalue weighted by Gasteiger charge is -2.57. The number of carboxylic acid groups (broad SMARTS) is 1. The monoisotopic (exact) mass is 362 g/mol. The van der Waals surface area contributed by atoms with E-state index in [0.717, 1.165) is 34.6 Å². The average Bonchev–Trinajstić information content (AvgIpc) is 2.66. The molecule has 4 aliphatic rings. The van der Waals surface area contributed by atoms with Crippen LogP contribution in [-0.2, 0) is 12.0 Å². The fourth-order valence-electron chi connectivity index (χ4n) is 6.38. The summed E-state index contributed by atoms with van der Waals surface area (Å²) in [6.45, 7) is 0.520. The number of ether oxygens (including phenoxy) is 1. The van der Waals surface area contributed by atoms with Crippen molar-refractivity contribution in [2.45, 2.75) is 50.5 Å². The van der Waals surface area contributed by atoms with Crippen molar-refractivity contribution in [1.29, 1.82) is 0 Å². The van der Waals surface area contributed by atoms with Crippen LogP contribution in [0.3, 0.4) is 0 Å². The Hall–Kier alpha value is -2.29. The van der Waals surface area contributed by atoms with Crippen LogP contribution in [-0.4, -0.2) is 11.1 Å². The molecule has 2 aromatic carbocycles. The minimum Gasteiger partial charge on any atom is -0.489 e. The topological polar surface area (TPSA) is 46.5 Å². The highest BCUT2D eigenvalue weighted by atomic mass is 16.5. The predicted octanol–water partition coefficient (Wildman–Crippen LogP) is 5.43. The van der Waals surface area contributed by atoms with Gasteiger partial charge in [0.2, 0.25) is 0 Å². The van der Waals surface area contributed by atoms with Crippen molar-refractivity contribution < 1.29 is 14.6 Å². The molecule has 0 radical (unpaired) electrons. The van der Waals surface area contributed by atoms with Crippen LogP contribution in [0.15, 0.2) is 48.5 Å². The van der Waals surface area contributed by atoms with Crippen molar-refractivity contribution in [3.05, 3.63) is 65.2 Å². The number of aromatic carboxylic acids is 1. The molecule has 4 aliphatic carbocycles. The lowest BCUT2D eigenvalue weighted by atomic mass is 9.48. The van der Waals surface area contributed by atoms with Crippen LogP contribution >= 0.6 is 0 Å². The van der Waals surface area contributed by atoms with Crippen molar-refractivity contribution in [3.63, 3.8) is 0 Å². The summed E-state index contributed by atoms with van der Waals surface area (Å²) < 4.78 is 6.25. The third-order valence-corrected chi connectivity index (χ3v) is 7.07. The van der Waals surface area contributed by atoms with Gasteiger partial charge in [0.05, 0.1) is 5.56 Å². The van der Waals surface area contributed by atoms with Gasteiger partial charge in [0.1, 0.15) is 12.4 Å². The molecule has 3 heteroatoms. The smallest absolute Gasteiger partial charge is 0.335 e. The molecule has 2 aromatic rings. The van der Waals surface area contributed by atoms with Gasteiger partial charge in [0, 0.05) is 5.56 Å². The van der Waals surface area contributed by atoms with E-state index in [2.05, 4.69) is 12.1 Å². The van der Waals surface area contributed by atoms with Crippen LogP contribution < -0.4 is 4.74 Å². The maximum Gasteiger partial charge on any atom is 0.335 e. The molecule has 4 bridgehead atoms. The molecule has 0 atom stereocenters. The molecule has 1 N–H and O–H groups in total. The lowest BCUT2D eigenvalue weighted by Crippen LogP contribution is -2.48. The molecular formula is C24H26O3. The number of hydrogen-bond donors (Lipinski definition) is 1. The number of hydrogen-bond acceptors (Lipinski definition) is 2. The minimum absolute atomic E-state index is 0.117. The second-order valence-electron chi connectivity index (χ2n) is 8.99. The fourth-order valence-corrected chi connectivity index (χ4v) is 6.38. The molecule has 0 unspecified atom stereocenters. The van der Waals surface area contributed by atoms with Gasteiger partial charge >= 0.3 is 5.97 Å². The fraction of sp³-hybridized carbons (Fsp3) is 0.458. The van der Waals surface area contributed by atoms with Gasteiger partial charge in [0.15, 0.2) is 0 Å². The largest absolute Gasteiger partial charge is 0.489 e. The van der Waals surface area contributed by atoms with Gasteiger partial charge < -0.3 is 9.84 Å². The zero-order chi connectivity index (χ0) is 18.4. The van der Waals surface area contributed by atoms with Crippen LogP contribution in [0.2, 0.25) is 0 Å². The molecule has 140 valence electrons. The molecular weight excluding hydrogens is 336 g/mol. The zero-order valence-corrected chi connectivity index (χ0v) is 15.6. The molecule has 0 saturated heterocycles. The highest BCUT2D eigenvalue weighted by molar-refractivity contribution is 5.88. The van der Waals surface area contributed by atoms with Gasteiger partial charge in [-0.3, -0.25) is 0 Å². The summed E-state index contributed by atoms with van der Waals surface area (Å²) in [6, 6.07) is 15.7. The van der Waals surface area contributed by atoms with Crippen LogP contribution in [0.5, 0.6) is 5.75 Å². The van der Waals surface area contributed by atoms with Crippen LogP contribution in [0.4, 0.5) is 0 Å². The van der Waals surface area contributed by atoms with Crippen LogP contribution in [0, 0.1) is 17.8 Å². The SMILES string of the molecule is O=C(O)c1ccc(OCc2ccccc2)c(C23CC4CC(CC(C4)C2)C3)c1. The zero-order valence-electron chi connectivity index (χ0n) is 15.6. The molecule has 6 rings (SSSR count). The molecule has 4 fully saturated rings. The highest BCUT2D eigenvalue weighted by Gasteiger charge is 2.52. The minimum atomic E-state index is -0.851. The molecule has 0 heterocycles. The van der Waals surface area contributed by atoms with Crippen LogP contribution in [0.25, 0.3) is 0 Å². The summed E-state index contributed by atoms with van der Waals surface area (Å²) in [7, 11) is 0. The van der Waals surface area contributed by atoms with E-state index in [1.165, 1.54) is 38.5 Å². The van der Waals surface area contributed by atoms with E-state index in [9.17, 15) is 9.90 Å². The van der Waals surface area contributed by atoms with Gasteiger partial charge in [-0.15, -0.1) is 0 Å². The first kappa shape index (κ1) is 16.9. The van der Waals surface area contributed by atoms with Gasteiger partial charge in [-0.05, 0) is 85.5 Å². The van der Waals surface area contributed by atoms with E-state index in [4.69, 9.17) is 4.74 Å². The van der Waals surface area contributed by atoms with Crippen molar-refractivity contribution in [3.8, 4) is 5.75 Å². The molecule has 0 spiro atoms. The van der Waals surface area contributed by atoms with E-state index >= 15 is 0 Å². The predicted molar refractivity (Wildman–Crippen MR) is 104 cm³/mol. The maximum atomic E-state index is 11.6. The van der Waals surface area contributed by atoms with Gasteiger partial charge in [0.25, 0.3) is 0 Å². The van der Waals surface area contributed by atoms with Crippen molar-refractivity contribution >= 4 is 5.97 Å². The summed E-state index contributed by atoms with van der Waals surface area (Å²) in [5, 5.41) is 9.55. The van der Waals surface area contributed by atoms with E-state index in [1.54, 1.807) is 6.07 Å². The van der Waals surface area contributed by atoms with Gasteiger partial charge in [-0.2, -0.15) is 0 Å². The Morgan fingerprint density at radius 1 is 0.963 bits per heavy atom. The summed E-state index contributed by atoms with van der Waals surface area (Å²) in [6.07, 6.45) is 7.71. The number of rotatable bonds is 5. The third kappa shape index (κ3) is 3.03. The normalized spacial score (nSPS) is 31.0. The van der Waals surface area contributed by atoms with Gasteiger partial charge in [-0.25, -0.2) is 4.79 Å². The molecule has 0 aliphatic heterocycles. The second-order valence-corrected chi connectivity index (χ2v) is 8.99. The summed E-state index contributed by atoms with van der Waals surface area (Å²) in [5.41, 5.74) is 2.79. The van der Waals surface area contributed by atoms with Crippen LogP contribution in [0.1, 0.15) is 60.0 Å². The quantitative estimate of drug-likeness (QED) is 0.771. The molecule has 3 nitrogen and oxygen atoms in total. The van der Waals surface area contributed by atoms with E-state index in [-0.39, 0.29) is 5.41 Å². The third-order valence-electron chi connectivity index (χ3n) is 7.07. The summed E-state index contributed by atoms with van der Waals surface area (Å²) in [5.74, 6) is 2.46. The van der Waals surface area contributed by atoms with E-state index in [0.29, 0.717) is 12.2 Å². The Balaban J connectivity index is 1.51. The maximum absolute atomic E-state index is 11.6. The summed E-state index contributed by atoms with van der Waals surface area (Å²) in [4.78, 5) is 11.6. The Kier molecular flexibility index (Phi) is 3.99. The van der Waals surface area contributed by atoms with Crippen molar-refractivity contribution in [1.82, 2.24) is 0 Å². The van der Waals surface area contributed by atoms with Crippen molar-refractivity contribution in [2.24, 2.45) is 17.8 Å². The Labute approximate surface area is 160 Å². The first-order valence-electron chi connectivity index (χ1n) is 10.2. The molecule has 27 heavy (non-hydrogen) atoms. The number of carbonyl (C=O) groups is 1. The Morgan fingerprint density at radius 2 is 1.59 bits per heavy atom. The Morgan fingerprint density at radius 3 is 2.19 bits per heavy atom. The van der Waals surface area contributed by atoms with Crippen molar-refractivity contribution in [2.75, 3.05) is 0 Å². The van der Waals surface area contributed by atoms with E-state index in [1.807, 2.05) is 30.3 Å². The van der Waals surface area contributed by atoms with E-state index < -0.39 is 5.97 Å². The molecule has 0 aromatic heterocycles. The first-order valence-corrected chi connectivity index (χ1v) is 10.2. The average molecular weight is 362 g/mol. The first-order chi connectivity index (χ1) is 13.1. The van der Waals surface area contributed by atoms with Gasteiger partial charge in [-0.1, -0.05) is 30.3 Å². The summed E-state index contributed by atoms with van der Waals surface area (Å²) >= 11 is 0. The number of carboxylic acids is 1. The number of benzene rings is 2. The second kappa shape index (κ2) is 6.40. The molecule has 4 saturated carbocycles. The highest BCUT2D eigenvalue weighted by Crippen LogP contribution is 2.62. The standard InChI is InChI=1S/C24H26O3/c25-23(26)20-6-7-22(27-15-16-4-2-1-3-5-16)21(11-20)24-12-17-8-18(13-24)10-19(9-17)14-24/h1-7,11,17-19H,8-10,12-15H2,(H,25,26). The Bertz CT molecular complexity index is 820. The molecule has 0 amide bonds.